The number of rotatable bonds is 4. The summed E-state index contributed by atoms with van der Waals surface area (Å²) < 4.78 is 13.2. The van der Waals surface area contributed by atoms with E-state index < -0.39 is 0 Å². The second-order valence-corrected chi connectivity index (χ2v) is 3.47. The first-order valence-electron chi connectivity index (χ1n) is 4.84. The largest absolute Gasteiger partial charge is 0.329 e. The Kier molecular flexibility index (Phi) is 4.04. The van der Waals surface area contributed by atoms with Crippen molar-refractivity contribution in [1.82, 2.24) is 5.32 Å². The average molecular weight is 196 g/mol. The Morgan fingerprint density at radius 3 is 2.79 bits per heavy atom. The van der Waals surface area contributed by atoms with Gasteiger partial charge in [0.15, 0.2) is 0 Å². The molecule has 0 amide bonds. The summed E-state index contributed by atoms with van der Waals surface area (Å²) in [5.74, 6) is -0.149. The summed E-state index contributed by atoms with van der Waals surface area (Å²) in [4.78, 5) is 0. The van der Waals surface area contributed by atoms with E-state index >= 15 is 0 Å². The van der Waals surface area contributed by atoms with E-state index in [0.29, 0.717) is 12.1 Å². The molecule has 3 N–H and O–H groups in total. The molecule has 1 aromatic carbocycles. The maximum Gasteiger partial charge on any atom is 0.126 e. The minimum absolute atomic E-state index is 0.147. The van der Waals surface area contributed by atoms with Crippen LogP contribution in [0, 0.1) is 12.7 Å². The lowest BCUT2D eigenvalue weighted by atomic mass is 10.1. The molecule has 0 aliphatic rings. The van der Waals surface area contributed by atoms with E-state index in [2.05, 4.69) is 5.32 Å². The number of aryl methyl sites for hydroxylation is 1. The lowest BCUT2D eigenvalue weighted by Gasteiger charge is -2.13. The standard InChI is InChI=1S/C11H17FN2/c1-8-3-4-10(7-11(8)12)9(2)14-6-5-13/h3-4,7,9,14H,5-6,13H2,1-2H3. The first-order valence-corrected chi connectivity index (χ1v) is 4.84. The van der Waals surface area contributed by atoms with Gasteiger partial charge in [0.25, 0.3) is 0 Å². The molecule has 1 unspecified atom stereocenters. The van der Waals surface area contributed by atoms with E-state index in [9.17, 15) is 4.39 Å². The fraction of sp³-hybridized carbons (Fsp3) is 0.455. The van der Waals surface area contributed by atoms with Gasteiger partial charge in [0.2, 0.25) is 0 Å². The van der Waals surface area contributed by atoms with Gasteiger partial charge in [0, 0.05) is 19.1 Å². The van der Waals surface area contributed by atoms with Gasteiger partial charge in [-0.25, -0.2) is 4.39 Å². The molecule has 0 aromatic heterocycles. The van der Waals surface area contributed by atoms with E-state index in [1.807, 2.05) is 13.0 Å². The van der Waals surface area contributed by atoms with Crippen LogP contribution in [-0.4, -0.2) is 13.1 Å². The van der Waals surface area contributed by atoms with Crippen LogP contribution in [0.25, 0.3) is 0 Å². The Balaban J connectivity index is 2.70. The number of halogens is 1. The fourth-order valence-corrected chi connectivity index (χ4v) is 1.30. The van der Waals surface area contributed by atoms with Gasteiger partial charge >= 0.3 is 0 Å². The maximum atomic E-state index is 13.2. The summed E-state index contributed by atoms with van der Waals surface area (Å²) in [7, 11) is 0. The van der Waals surface area contributed by atoms with Crippen LogP contribution < -0.4 is 11.1 Å². The van der Waals surface area contributed by atoms with Crippen molar-refractivity contribution in [3.8, 4) is 0 Å². The highest BCUT2D eigenvalue weighted by Gasteiger charge is 2.06. The molecule has 3 heteroatoms. The topological polar surface area (TPSA) is 38.0 Å². The van der Waals surface area contributed by atoms with Crippen molar-refractivity contribution in [2.45, 2.75) is 19.9 Å². The predicted octanol–water partition coefficient (Wildman–Crippen LogP) is 1.74. The van der Waals surface area contributed by atoms with Crippen LogP contribution in [0.3, 0.4) is 0 Å². The Hall–Kier alpha value is -0.930. The van der Waals surface area contributed by atoms with Gasteiger partial charge in [-0.1, -0.05) is 12.1 Å². The molecule has 0 radical (unpaired) electrons. The molecule has 0 spiro atoms. The van der Waals surface area contributed by atoms with Crippen LogP contribution in [0.15, 0.2) is 18.2 Å². The zero-order chi connectivity index (χ0) is 10.6. The second kappa shape index (κ2) is 5.08. The van der Waals surface area contributed by atoms with E-state index in [1.165, 1.54) is 0 Å². The first kappa shape index (κ1) is 11.1. The molecule has 14 heavy (non-hydrogen) atoms. The fourth-order valence-electron chi connectivity index (χ4n) is 1.30. The van der Waals surface area contributed by atoms with Crippen LogP contribution in [0.5, 0.6) is 0 Å². The number of nitrogens with one attached hydrogen (secondary N) is 1. The normalized spacial score (nSPS) is 12.9. The van der Waals surface area contributed by atoms with Crippen LogP contribution in [0.2, 0.25) is 0 Å². The third kappa shape index (κ3) is 2.79. The van der Waals surface area contributed by atoms with Crippen molar-refractivity contribution in [3.63, 3.8) is 0 Å². The lowest BCUT2D eigenvalue weighted by molar-refractivity contribution is 0.569. The summed E-state index contributed by atoms with van der Waals surface area (Å²) in [6, 6.07) is 5.45. The van der Waals surface area contributed by atoms with Crippen LogP contribution in [-0.2, 0) is 0 Å². The Bertz CT molecular complexity index is 299. The highest BCUT2D eigenvalue weighted by molar-refractivity contribution is 5.25. The van der Waals surface area contributed by atoms with Crippen LogP contribution >= 0.6 is 0 Å². The van der Waals surface area contributed by atoms with Crippen molar-refractivity contribution in [2.24, 2.45) is 5.73 Å². The van der Waals surface area contributed by atoms with Gasteiger partial charge in [-0.05, 0) is 31.0 Å². The summed E-state index contributed by atoms with van der Waals surface area (Å²) in [5.41, 5.74) is 7.01. The van der Waals surface area contributed by atoms with Gasteiger partial charge < -0.3 is 11.1 Å². The summed E-state index contributed by atoms with van der Waals surface area (Å²) in [5, 5.41) is 3.20. The molecule has 0 aliphatic heterocycles. The Morgan fingerprint density at radius 2 is 2.21 bits per heavy atom. The third-order valence-corrected chi connectivity index (χ3v) is 2.29. The highest BCUT2D eigenvalue weighted by Crippen LogP contribution is 2.15. The number of hydrogen-bond acceptors (Lipinski definition) is 2. The molecule has 0 aliphatic carbocycles. The molecule has 0 saturated heterocycles. The van der Waals surface area contributed by atoms with Gasteiger partial charge in [-0.2, -0.15) is 0 Å². The Labute approximate surface area is 84.3 Å². The number of nitrogens with two attached hydrogens (primary N) is 1. The molecule has 0 heterocycles. The first-order chi connectivity index (χ1) is 6.65. The highest BCUT2D eigenvalue weighted by atomic mass is 19.1. The summed E-state index contributed by atoms with van der Waals surface area (Å²) in [6.45, 7) is 5.10. The summed E-state index contributed by atoms with van der Waals surface area (Å²) >= 11 is 0. The van der Waals surface area contributed by atoms with E-state index in [1.54, 1.807) is 19.1 Å². The van der Waals surface area contributed by atoms with Crippen molar-refractivity contribution in [3.05, 3.63) is 35.1 Å². The van der Waals surface area contributed by atoms with Crippen molar-refractivity contribution in [1.29, 1.82) is 0 Å². The van der Waals surface area contributed by atoms with E-state index in [0.717, 1.165) is 12.1 Å². The molecule has 2 nitrogen and oxygen atoms in total. The quantitative estimate of drug-likeness (QED) is 0.769. The van der Waals surface area contributed by atoms with Gasteiger partial charge in [0.1, 0.15) is 5.82 Å². The van der Waals surface area contributed by atoms with Gasteiger partial charge in [-0.15, -0.1) is 0 Å². The number of hydrogen-bond donors (Lipinski definition) is 2. The SMILES string of the molecule is Cc1ccc(C(C)NCCN)cc1F. The number of benzene rings is 1. The molecule has 0 saturated carbocycles. The minimum atomic E-state index is -0.149. The third-order valence-electron chi connectivity index (χ3n) is 2.29. The van der Waals surface area contributed by atoms with Crippen molar-refractivity contribution >= 4 is 0 Å². The second-order valence-electron chi connectivity index (χ2n) is 3.47. The molecular weight excluding hydrogens is 179 g/mol. The molecule has 1 atom stereocenters. The van der Waals surface area contributed by atoms with Gasteiger partial charge in [0.05, 0.1) is 0 Å². The van der Waals surface area contributed by atoms with Gasteiger partial charge in [-0.3, -0.25) is 0 Å². The Morgan fingerprint density at radius 1 is 1.50 bits per heavy atom. The molecule has 0 bridgehead atoms. The lowest BCUT2D eigenvalue weighted by Crippen LogP contribution is -2.25. The van der Waals surface area contributed by atoms with E-state index in [4.69, 9.17) is 5.73 Å². The summed E-state index contributed by atoms with van der Waals surface area (Å²) in [6.07, 6.45) is 0. The molecule has 1 rings (SSSR count). The predicted molar refractivity (Wildman–Crippen MR) is 56.6 cm³/mol. The molecular formula is C11H17FN2. The molecule has 0 fully saturated rings. The monoisotopic (exact) mass is 196 g/mol. The van der Waals surface area contributed by atoms with E-state index in [-0.39, 0.29) is 11.9 Å². The zero-order valence-corrected chi connectivity index (χ0v) is 8.68. The minimum Gasteiger partial charge on any atom is -0.329 e. The van der Waals surface area contributed by atoms with Crippen molar-refractivity contribution in [2.75, 3.05) is 13.1 Å². The molecule has 1 aromatic rings. The average Bonchev–Trinajstić information content (AvgIpc) is 2.18. The smallest absolute Gasteiger partial charge is 0.126 e. The van der Waals surface area contributed by atoms with Crippen LogP contribution in [0.4, 0.5) is 4.39 Å². The van der Waals surface area contributed by atoms with Crippen molar-refractivity contribution < 1.29 is 4.39 Å². The zero-order valence-electron chi connectivity index (χ0n) is 8.68. The van der Waals surface area contributed by atoms with Crippen LogP contribution in [0.1, 0.15) is 24.1 Å². The molecule has 78 valence electrons. The maximum absolute atomic E-state index is 13.2.